The molecule has 2 fully saturated rings. The second-order valence-corrected chi connectivity index (χ2v) is 5.06. The van der Waals surface area contributed by atoms with Gasteiger partial charge in [0.1, 0.15) is 0 Å². The zero-order valence-electron chi connectivity index (χ0n) is 9.87. The zero-order valence-corrected chi connectivity index (χ0v) is 9.87. The molecule has 0 amide bonds. The summed E-state index contributed by atoms with van der Waals surface area (Å²) in [6.07, 6.45) is 5.72. The van der Waals surface area contributed by atoms with Crippen molar-refractivity contribution in [1.82, 2.24) is 10.2 Å². The minimum absolute atomic E-state index is 0.503. The zero-order chi connectivity index (χ0) is 10.5. The summed E-state index contributed by atoms with van der Waals surface area (Å²) in [6, 6.07) is 0. The van der Waals surface area contributed by atoms with E-state index in [9.17, 15) is 0 Å². The third-order valence-electron chi connectivity index (χ3n) is 3.57. The van der Waals surface area contributed by atoms with Crippen LogP contribution in [-0.2, 0) is 4.74 Å². The van der Waals surface area contributed by atoms with Gasteiger partial charge in [-0.05, 0) is 58.3 Å². The molecular formula is C12H24N2O. The second kappa shape index (κ2) is 5.83. The van der Waals surface area contributed by atoms with Crippen LogP contribution < -0.4 is 5.32 Å². The highest BCUT2D eigenvalue weighted by Crippen LogP contribution is 2.14. The summed E-state index contributed by atoms with van der Waals surface area (Å²) in [6.45, 7) is 5.79. The van der Waals surface area contributed by atoms with E-state index in [1.165, 1.54) is 45.3 Å². The molecule has 1 N–H and O–H groups in total. The summed E-state index contributed by atoms with van der Waals surface area (Å²) in [5.41, 5.74) is 0. The molecule has 0 aromatic heterocycles. The number of ether oxygens (including phenoxy) is 1. The van der Waals surface area contributed by atoms with Crippen LogP contribution in [0.2, 0.25) is 0 Å². The number of hydrogen-bond acceptors (Lipinski definition) is 3. The summed E-state index contributed by atoms with van der Waals surface area (Å²) in [5.74, 6) is 0.930. The van der Waals surface area contributed by atoms with Crippen LogP contribution in [0.4, 0.5) is 0 Å². The first kappa shape index (κ1) is 11.4. The Hall–Kier alpha value is -0.120. The number of nitrogens with zero attached hydrogens (tertiary/aromatic N) is 1. The molecule has 0 aliphatic carbocycles. The number of nitrogens with one attached hydrogen (secondary N) is 1. The molecule has 1 unspecified atom stereocenters. The van der Waals surface area contributed by atoms with Gasteiger partial charge >= 0.3 is 0 Å². The third kappa shape index (κ3) is 3.74. The molecule has 88 valence electrons. The van der Waals surface area contributed by atoms with Gasteiger partial charge in [0.2, 0.25) is 0 Å². The summed E-state index contributed by atoms with van der Waals surface area (Å²) in [4.78, 5) is 2.44. The Morgan fingerprint density at radius 2 is 2.20 bits per heavy atom. The Morgan fingerprint density at radius 1 is 1.33 bits per heavy atom. The van der Waals surface area contributed by atoms with Crippen molar-refractivity contribution in [3.8, 4) is 0 Å². The smallest absolute Gasteiger partial charge is 0.0701 e. The molecule has 0 spiro atoms. The summed E-state index contributed by atoms with van der Waals surface area (Å²) >= 11 is 0. The van der Waals surface area contributed by atoms with Crippen LogP contribution in [0.1, 0.15) is 25.7 Å². The van der Waals surface area contributed by atoms with Gasteiger partial charge in [-0.1, -0.05) is 0 Å². The first-order chi connectivity index (χ1) is 7.34. The lowest BCUT2D eigenvalue weighted by atomic mass is 9.99. The van der Waals surface area contributed by atoms with Gasteiger partial charge in [-0.3, -0.25) is 0 Å². The molecule has 2 aliphatic rings. The van der Waals surface area contributed by atoms with Crippen molar-refractivity contribution in [2.45, 2.75) is 31.8 Å². The van der Waals surface area contributed by atoms with Crippen molar-refractivity contribution in [1.29, 1.82) is 0 Å². The first-order valence-corrected chi connectivity index (χ1v) is 6.35. The Kier molecular flexibility index (Phi) is 4.42. The van der Waals surface area contributed by atoms with Gasteiger partial charge < -0.3 is 15.0 Å². The lowest BCUT2D eigenvalue weighted by Crippen LogP contribution is -2.44. The van der Waals surface area contributed by atoms with Crippen molar-refractivity contribution in [3.05, 3.63) is 0 Å². The average molecular weight is 212 g/mol. The Balaban J connectivity index is 1.56. The fourth-order valence-electron chi connectivity index (χ4n) is 2.35. The monoisotopic (exact) mass is 212 g/mol. The van der Waals surface area contributed by atoms with Crippen LogP contribution >= 0.6 is 0 Å². The summed E-state index contributed by atoms with van der Waals surface area (Å²) in [7, 11) is 2.23. The molecule has 2 aliphatic heterocycles. The van der Waals surface area contributed by atoms with E-state index in [0.29, 0.717) is 6.10 Å². The Bertz CT molecular complexity index is 176. The van der Waals surface area contributed by atoms with E-state index < -0.39 is 0 Å². The van der Waals surface area contributed by atoms with E-state index in [1.807, 2.05) is 0 Å². The molecule has 2 saturated heterocycles. The van der Waals surface area contributed by atoms with Crippen LogP contribution in [0.5, 0.6) is 0 Å². The van der Waals surface area contributed by atoms with Gasteiger partial charge in [-0.2, -0.15) is 0 Å². The summed E-state index contributed by atoms with van der Waals surface area (Å²) in [5, 5.41) is 3.32. The highest BCUT2D eigenvalue weighted by Gasteiger charge is 2.19. The highest BCUT2D eigenvalue weighted by molar-refractivity contribution is 4.76. The topological polar surface area (TPSA) is 24.5 Å². The molecular weight excluding hydrogens is 188 g/mol. The van der Waals surface area contributed by atoms with E-state index in [2.05, 4.69) is 17.3 Å². The quantitative estimate of drug-likeness (QED) is 0.738. The lowest BCUT2D eigenvalue weighted by molar-refractivity contribution is -0.00234. The van der Waals surface area contributed by atoms with E-state index in [4.69, 9.17) is 4.74 Å². The molecule has 3 nitrogen and oxygen atoms in total. The molecule has 0 aromatic rings. The largest absolute Gasteiger partial charge is 0.377 e. The standard InChI is InChI=1S/C12H24N2O/c1-14(6-5-11-8-13-9-11)10-12-4-2-3-7-15-12/h11-13H,2-10H2,1H3. The Morgan fingerprint density at radius 3 is 2.80 bits per heavy atom. The second-order valence-electron chi connectivity index (χ2n) is 5.06. The van der Waals surface area contributed by atoms with Gasteiger partial charge in [-0.15, -0.1) is 0 Å². The SMILES string of the molecule is CN(CCC1CNC1)CC1CCCCO1. The van der Waals surface area contributed by atoms with Crippen molar-refractivity contribution < 1.29 is 4.74 Å². The van der Waals surface area contributed by atoms with Gasteiger partial charge in [-0.25, -0.2) is 0 Å². The van der Waals surface area contributed by atoms with Crippen LogP contribution in [0.15, 0.2) is 0 Å². The third-order valence-corrected chi connectivity index (χ3v) is 3.57. The fraction of sp³-hybridized carbons (Fsp3) is 1.00. The molecule has 0 saturated carbocycles. The van der Waals surface area contributed by atoms with Crippen molar-refractivity contribution in [2.24, 2.45) is 5.92 Å². The molecule has 3 heteroatoms. The van der Waals surface area contributed by atoms with Gasteiger partial charge in [0.15, 0.2) is 0 Å². The van der Waals surface area contributed by atoms with Crippen molar-refractivity contribution >= 4 is 0 Å². The lowest BCUT2D eigenvalue weighted by Gasteiger charge is -2.31. The maximum atomic E-state index is 5.74. The highest BCUT2D eigenvalue weighted by atomic mass is 16.5. The van der Waals surface area contributed by atoms with E-state index in [0.717, 1.165) is 19.1 Å². The maximum absolute atomic E-state index is 5.74. The number of likely N-dealkylation sites (N-methyl/N-ethyl adjacent to an activating group) is 1. The molecule has 0 bridgehead atoms. The minimum atomic E-state index is 0.503. The number of rotatable bonds is 5. The molecule has 2 rings (SSSR count). The molecule has 0 aromatic carbocycles. The van der Waals surface area contributed by atoms with Crippen molar-refractivity contribution in [2.75, 3.05) is 39.8 Å². The minimum Gasteiger partial charge on any atom is -0.377 e. The van der Waals surface area contributed by atoms with Gasteiger partial charge in [0, 0.05) is 13.2 Å². The van der Waals surface area contributed by atoms with Crippen LogP contribution in [0, 0.1) is 5.92 Å². The average Bonchev–Trinajstić information content (AvgIpc) is 2.17. The predicted molar refractivity (Wildman–Crippen MR) is 62.1 cm³/mol. The fourth-order valence-corrected chi connectivity index (χ4v) is 2.35. The van der Waals surface area contributed by atoms with Crippen LogP contribution in [0.25, 0.3) is 0 Å². The first-order valence-electron chi connectivity index (χ1n) is 6.35. The Labute approximate surface area is 93.2 Å². The molecule has 1 atom stereocenters. The van der Waals surface area contributed by atoms with Crippen LogP contribution in [-0.4, -0.2) is 50.8 Å². The normalized spacial score (nSPS) is 28.0. The molecule has 2 heterocycles. The summed E-state index contributed by atoms with van der Waals surface area (Å²) < 4.78 is 5.74. The van der Waals surface area contributed by atoms with E-state index in [1.54, 1.807) is 0 Å². The van der Waals surface area contributed by atoms with Crippen LogP contribution in [0.3, 0.4) is 0 Å². The van der Waals surface area contributed by atoms with Gasteiger partial charge in [0.25, 0.3) is 0 Å². The van der Waals surface area contributed by atoms with E-state index >= 15 is 0 Å². The predicted octanol–water partition coefficient (Wildman–Crippen LogP) is 1.10. The van der Waals surface area contributed by atoms with E-state index in [-0.39, 0.29) is 0 Å². The van der Waals surface area contributed by atoms with Gasteiger partial charge in [0.05, 0.1) is 6.10 Å². The maximum Gasteiger partial charge on any atom is 0.0701 e. The number of hydrogen-bond donors (Lipinski definition) is 1. The molecule has 15 heavy (non-hydrogen) atoms. The van der Waals surface area contributed by atoms with Crippen molar-refractivity contribution in [3.63, 3.8) is 0 Å². The molecule has 0 radical (unpaired) electrons.